The van der Waals surface area contributed by atoms with Gasteiger partial charge in [-0.1, -0.05) is 44.2 Å². The quantitative estimate of drug-likeness (QED) is 0.793. The van der Waals surface area contributed by atoms with E-state index >= 15 is 0 Å². The zero-order valence-corrected chi connectivity index (χ0v) is 10.7. The zero-order valence-electron chi connectivity index (χ0n) is 10.7. The lowest BCUT2D eigenvalue weighted by Gasteiger charge is -2.28. The average Bonchev–Trinajstić information content (AvgIpc) is 2.84. The maximum atomic E-state index is 12.4. The predicted molar refractivity (Wildman–Crippen MR) is 69.8 cm³/mol. The summed E-state index contributed by atoms with van der Waals surface area (Å²) in [6.07, 6.45) is 2.43. The van der Waals surface area contributed by atoms with Gasteiger partial charge in [-0.2, -0.15) is 0 Å². The summed E-state index contributed by atoms with van der Waals surface area (Å²) in [5.41, 5.74) is 1.15. The number of nitrogens with zero attached hydrogens (tertiary/aromatic N) is 1. The highest BCUT2D eigenvalue weighted by Gasteiger charge is 2.30. The van der Waals surface area contributed by atoms with E-state index in [-0.39, 0.29) is 12.0 Å². The molecule has 0 unspecified atom stereocenters. The lowest BCUT2D eigenvalue weighted by atomic mass is 9.94. The summed E-state index contributed by atoms with van der Waals surface area (Å²) in [6, 6.07) is 10.2. The monoisotopic (exact) mass is 231 g/mol. The van der Waals surface area contributed by atoms with Gasteiger partial charge in [0.25, 0.3) is 0 Å². The number of carbonyl (C=O) groups is 1. The largest absolute Gasteiger partial charge is 0.297 e. The standard InChI is InChI=1S/C15H21NO/c1-12(2)15(17)14(16-10-6-7-11-16)13-8-4-3-5-9-13/h3-5,8-9,12,14H,6-7,10-11H2,1-2H3/t14-/m1/s1. The van der Waals surface area contributed by atoms with Gasteiger partial charge in [-0.3, -0.25) is 9.69 Å². The van der Waals surface area contributed by atoms with Crippen LogP contribution in [-0.2, 0) is 4.79 Å². The van der Waals surface area contributed by atoms with Crippen LogP contribution in [0.25, 0.3) is 0 Å². The molecule has 0 spiro atoms. The van der Waals surface area contributed by atoms with Crippen LogP contribution in [0.3, 0.4) is 0 Å². The van der Waals surface area contributed by atoms with Crippen LogP contribution in [0.2, 0.25) is 0 Å². The number of hydrogen-bond donors (Lipinski definition) is 0. The Bertz CT molecular complexity index is 366. The van der Waals surface area contributed by atoms with Crippen LogP contribution in [0, 0.1) is 5.92 Å². The van der Waals surface area contributed by atoms with E-state index in [2.05, 4.69) is 17.0 Å². The van der Waals surface area contributed by atoms with Gasteiger partial charge in [-0.25, -0.2) is 0 Å². The van der Waals surface area contributed by atoms with Gasteiger partial charge >= 0.3 is 0 Å². The Morgan fingerprint density at radius 3 is 2.24 bits per heavy atom. The normalized spacial score (nSPS) is 18.5. The molecule has 1 aromatic carbocycles. The first-order valence-corrected chi connectivity index (χ1v) is 6.53. The van der Waals surface area contributed by atoms with E-state index < -0.39 is 0 Å². The van der Waals surface area contributed by atoms with Crippen LogP contribution in [-0.4, -0.2) is 23.8 Å². The van der Waals surface area contributed by atoms with E-state index in [1.54, 1.807) is 0 Å². The molecule has 0 amide bonds. The van der Waals surface area contributed by atoms with Crippen molar-refractivity contribution in [2.75, 3.05) is 13.1 Å². The predicted octanol–water partition coefficient (Wildman–Crippen LogP) is 3.05. The first kappa shape index (κ1) is 12.3. The maximum absolute atomic E-state index is 12.4. The van der Waals surface area contributed by atoms with E-state index in [0.717, 1.165) is 18.7 Å². The summed E-state index contributed by atoms with van der Waals surface area (Å²) in [7, 11) is 0. The Hall–Kier alpha value is -1.15. The van der Waals surface area contributed by atoms with Crippen LogP contribution < -0.4 is 0 Å². The molecule has 1 atom stereocenters. The van der Waals surface area contributed by atoms with E-state index in [0.29, 0.717) is 5.78 Å². The van der Waals surface area contributed by atoms with Gasteiger partial charge in [0, 0.05) is 5.92 Å². The minimum absolute atomic E-state index is 0.0290. The van der Waals surface area contributed by atoms with Gasteiger partial charge in [0.2, 0.25) is 0 Å². The van der Waals surface area contributed by atoms with Crippen LogP contribution >= 0.6 is 0 Å². The highest BCUT2D eigenvalue weighted by Crippen LogP contribution is 2.28. The van der Waals surface area contributed by atoms with Crippen molar-refractivity contribution in [2.45, 2.75) is 32.7 Å². The van der Waals surface area contributed by atoms with Crippen LogP contribution in [0.1, 0.15) is 38.3 Å². The smallest absolute Gasteiger partial charge is 0.157 e. The Morgan fingerprint density at radius 2 is 1.71 bits per heavy atom. The summed E-state index contributed by atoms with van der Waals surface area (Å²) in [6.45, 7) is 6.10. The van der Waals surface area contributed by atoms with Gasteiger partial charge in [-0.05, 0) is 31.5 Å². The molecule has 1 aliphatic rings. The first-order chi connectivity index (χ1) is 8.20. The number of rotatable bonds is 4. The second kappa shape index (κ2) is 5.46. The Morgan fingerprint density at radius 1 is 1.12 bits per heavy atom. The second-order valence-electron chi connectivity index (χ2n) is 5.11. The van der Waals surface area contributed by atoms with Crippen LogP contribution in [0.4, 0.5) is 0 Å². The lowest BCUT2D eigenvalue weighted by Crippen LogP contribution is -2.34. The minimum atomic E-state index is -0.0290. The number of benzene rings is 1. The highest BCUT2D eigenvalue weighted by atomic mass is 16.1. The summed E-state index contributed by atoms with van der Waals surface area (Å²) >= 11 is 0. The van der Waals surface area contributed by atoms with Crippen LogP contribution in [0.5, 0.6) is 0 Å². The van der Waals surface area contributed by atoms with E-state index in [9.17, 15) is 4.79 Å². The number of ketones is 1. The molecule has 1 aromatic rings. The molecule has 0 saturated carbocycles. The summed E-state index contributed by atoms with van der Waals surface area (Å²) in [5, 5.41) is 0. The van der Waals surface area contributed by atoms with Crippen molar-refractivity contribution in [3.63, 3.8) is 0 Å². The molecule has 1 saturated heterocycles. The summed E-state index contributed by atoms with van der Waals surface area (Å²) in [4.78, 5) is 14.7. The van der Waals surface area contributed by atoms with Gasteiger partial charge in [-0.15, -0.1) is 0 Å². The van der Waals surface area contributed by atoms with E-state index in [1.165, 1.54) is 12.8 Å². The third-order valence-corrected chi connectivity index (χ3v) is 3.46. The molecule has 17 heavy (non-hydrogen) atoms. The molecule has 1 fully saturated rings. The van der Waals surface area contributed by atoms with Gasteiger partial charge in [0.05, 0.1) is 6.04 Å². The third-order valence-electron chi connectivity index (χ3n) is 3.46. The molecule has 1 heterocycles. The minimum Gasteiger partial charge on any atom is -0.297 e. The van der Waals surface area contributed by atoms with Crippen molar-refractivity contribution in [1.82, 2.24) is 4.90 Å². The van der Waals surface area contributed by atoms with E-state index in [1.807, 2.05) is 32.0 Å². The molecule has 0 aliphatic carbocycles. The van der Waals surface area contributed by atoms with Gasteiger partial charge < -0.3 is 0 Å². The van der Waals surface area contributed by atoms with Crippen molar-refractivity contribution in [3.8, 4) is 0 Å². The van der Waals surface area contributed by atoms with Gasteiger partial charge in [0.15, 0.2) is 5.78 Å². The lowest BCUT2D eigenvalue weighted by molar-refractivity contribution is -0.127. The van der Waals surface area contributed by atoms with Crippen molar-refractivity contribution < 1.29 is 4.79 Å². The molecule has 0 aromatic heterocycles. The molecule has 1 aliphatic heterocycles. The first-order valence-electron chi connectivity index (χ1n) is 6.53. The highest BCUT2D eigenvalue weighted by molar-refractivity contribution is 5.87. The molecule has 92 valence electrons. The molecule has 0 N–H and O–H groups in total. The summed E-state index contributed by atoms with van der Waals surface area (Å²) < 4.78 is 0. The van der Waals surface area contributed by atoms with Crippen molar-refractivity contribution >= 4 is 5.78 Å². The fourth-order valence-corrected chi connectivity index (χ4v) is 2.51. The SMILES string of the molecule is CC(C)C(=O)[C@@H](c1ccccc1)N1CCCC1. The Kier molecular flexibility index (Phi) is 3.95. The van der Waals surface area contributed by atoms with Crippen LogP contribution in [0.15, 0.2) is 30.3 Å². The number of Topliss-reactive ketones (excluding diaryl/α,β-unsaturated/α-hetero) is 1. The molecule has 2 rings (SSSR count). The van der Waals surface area contributed by atoms with Crippen molar-refractivity contribution in [1.29, 1.82) is 0 Å². The topological polar surface area (TPSA) is 20.3 Å². The Labute approximate surface area is 104 Å². The number of likely N-dealkylation sites (tertiary alicyclic amines) is 1. The average molecular weight is 231 g/mol. The number of hydrogen-bond acceptors (Lipinski definition) is 2. The van der Waals surface area contributed by atoms with Crippen molar-refractivity contribution in [2.24, 2.45) is 5.92 Å². The fourth-order valence-electron chi connectivity index (χ4n) is 2.51. The molecular formula is C15H21NO. The fraction of sp³-hybridized carbons (Fsp3) is 0.533. The molecule has 0 bridgehead atoms. The molecule has 0 radical (unpaired) electrons. The molecule has 2 heteroatoms. The summed E-state index contributed by atoms with van der Waals surface area (Å²) in [5.74, 6) is 0.443. The van der Waals surface area contributed by atoms with E-state index in [4.69, 9.17) is 0 Å². The molecule has 2 nitrogen and oxygen atoms in total. The van der Waals surface area contributed by atoms with Gasteiger partial charge in [0.1, 0.15) is 0 Å². The molecular weight excluding hydrogens is 210 g/mol. The third kappa shape index (κ3) is 2.75. The maximum Gasteiger partial charge on any atom is 0.157 e. The zero-order chi connectivity index (χ0) is 12.3. The number of carbonyl (C=O) groups excluding carboxylic acids is 1. The van der Waals surface area contributed by atoms with Crippen molar-refractivity contribution in [3.05, 3.63) is 35.9 Å². The Balaban J connectivity index is 2.27. The second-order valence-corrected chi connectivity index (χ2v) is 5.11.